The summed E-state index contributed by atoms with van der Waals surface area (Å²) < 4.78 is 1.71. The summed E-state index contributed by atoms with van der Waals surface area (Å²) in [5.41, 5.74) is 2.64. The molecule has 0 saturated carbocycles. The topological polar surface area (TPSA) is 20.3 Å². The van der Waals surface area contributed by atoms with Gasteiger partial charge in [-0.15, -0.1) is 0 Å². The molecule has 4 heteroatoms. The molecule has 1 heterocycles. The number of hydrogen-bond acceptors (Lipinski definition) is 2. The van der Waals surface area contributed by atoms with Gasteiger partial charge in [0.2, 0.25) is 0 Å². The first-order chi connectivity index (χ1) is 9.65. The summed E-state index contributed by atoms with van der Waals surface area (Å²) in [5, 5.41) is 0.705. The van der Waals surface area contributed by atoms with Crippen LogP contribution in [0.5, 0.6) is 0 Å². The summed E-state index contributed by atoms with van der Waals surface area (Å²) in [6.07, 6.45) is 1.98. The second-order valence-corrected chi connectivity index (χ2v) is 5.95. The first-order valence-corrected chi connectivity index (χ1v) is 7.35. The molecule has 1 aliphatic heterocycles. The number of rotatable bonds is 1. The van der Waals surface area contributed by atoms with Crippen LogP contribution in [0.2, 0.25) is 5.02 Å². The van der Waals surface area contributed by atoms with E-state index in [-0.39, 0.29) is 5.91 Å². The largest absolute Gasteiger partial charge is 0.268 e. The predicted molar refractivity (Wildman–Crippen MR) is 83.6 cm³/mol. The maximum atomic E-state index is 12.5. The van der Waals surface area contributed by atoms with Gasteiger partial charge in [0.25, 0.3) is 5.91 Å². The highest BCUT2D eigenvalue weighted by atomic mass is 35.5. The fraction of sp³-hybridized carbons (Fsp3) is 0.0625. The highest BCUT2D eigenvalue weighted by Gasteiger charge is 2.23. The third-order valence-electron chi connectivity index (χ3n) is 3.05. The molecular formula is C16H12ClNOS. The van der Waals surface area contributed by atoms with E-state index in [1.165, 1.54) is 11.9 Å². The molecule has 2 aromatic carbocycles. The number of carbonyl (C=O) groups excluding carboxylic acids is 1. The molecule has 2 aromatic rings. The second-order valence-electron chi connectivity index (χ2n) is 4.52. The van der Waals surface area contributed by atoms with Gasteiger partial charge >= 0.3 is 0 Å². The summed E-state index contributed by atoms with van der Waals surface area (Å²) in [6.45, 7) is 1.93. The van der Waals surface area contributed by atoms with Crippen molar-refractivity contribution in [3.8, 4) is 0 Å². The average Bonchev–Trinajstić information content (AvgIpc) is 2.46. The Bertz CT molecular complexity index is 697. The molecule has 0 spiro atoms. The molecule has 0 fully saturated rings. The van der Waals surface area contributed by atoms with E-state index in [4.69, 9.17) is 11.6 Å². The van der Waals surface area contributed by atoms with Crippen LogP contribution < -0.4 is 0 Å². The van der Waals surface area contributed by atoms with Crippen molar-refractivity contribution in [2.45, 2.75) is 11.8 Å². The van der Waals surface area contributed by atoms with Gasteiger partial charge < -0.3 is 0 Å². The number of halogens is 1. The zero-order valence-electron chi connectivity index (χ0n) is 10.8. The number of fused-ring (bicyclic) bond motifs is 1. The van der Waals surface area contributed by atoms with Gasteiger partial charge in [-0.1, -0.05) is 29.8 Å². The molecule has 0 bridgehead atoms. The molecule has 3 rings (SSSR count). The number of benzene rings is 2. The Morgan fingerprint density at radius 2 is 1.90 bits per heavy atom. The van der Waals surface area contributed by atoms with Crippen LogP contribution in [0, 0.1) is 0 Å². The van der Waals surface area contributed by atoms with Crippen molar-refractivity contribution in [2.24, 2.45) is 0 Å². The molecule has 0 atom stereocenters. The van der Waals surface area contributed by atoms with Crippen LogP contribution in [0.4, 0.5) is 0 Å². The highest BCUT2D eigenvalue weighted by Crippen LogP contribution is 2.38. The van der Waals surface area contributed by atoms with Gasteiger partial charge in [-0.05, 0) is 60.8 Å². The first kappa shape index (κ1) is 13.3. The molecule has 0 unspecified atom stereocenters. The van der Waals surface area contributed by atoms with Gasteiger partial charge in [-0.25, -0.2) is 4.31 Å². The maximum Gasteiger partial charge on any atom is 0.268 e. The molecule has 1 amide bonds. The van der Waals surface area contributed by atoms with Crippen molar-refractivity contribution in [1.82, 2.24) is 4.31 Å². The minimum Gasteiger partial charge on any atom is -0.268 e. The van der Waals surface area contributed by atoms with E-state index in [1.54, 1.807) is 4.31 Å². The number of carbonyl (C=O) groups is 1. The maximum absolute atomic E-state index is 12.5. The molecule has 0 saturated heterocycles. The lowest BCUT2D eigenvalue weighted by atomic mass is 10.1. The summed E-state index contributed by atoms with van der Waals surface area (Å²) in [7, 11) is 0. The molecule has 20 heavy (non-hydrogen) atoms. The Kier molecular flexibility index (Phi) is 3.55. The van der Waals surface area contributed by atoms with E-state index >= 15 is 0 Å². The lowest BCUT2D eigenvalue weighted by Gasteiger charge is -2.26. The molecule has 0 aliphatic carbocycles. The SMILES string of the molecule is CC1=Cc2cc(Cl)ccc2SN1C(=O)c1ccccc1. The third kappa shape index (κ3) is 2.47. The van der Waals surface area contributed by atoms with Crippen LogP contribution >= 0.6 is 23.5 Å². The van der Waals surface area contributed by atoms with Crippen molar-refractivity contribution >= 4 is 35.5 Å². The zero-order valence-corrected chi connectivity index (χ0v) is 12.4. The lowest BCUT2D eigenvalue weighted by Crippen LogP contribution is -2.24. The molecule has 0 aromatic heterocycles. The van der Waals surface area contributed by atoms with E-state index in [0.29, 0.717) is 10.6 Å². The second kappa shape index (κ2) is 5.35. The zero-order chi connectivity index (χ0) is 14.1. The summed E-state index contributed by atoms with van der Waals surface area (Å²) in [6, 6.07) is 15.0. The summed E-state index contributed by atoms with van der Waals surface area (Å²) in [4.78, 5) is 13.6. The van der Waals surface area contributed by atoms with E-state index in [2.05, 4.69) is 0 Å². The number of allylic oxidation sites excluding steroid dienone is 1. The number of amides is 1. The van der Waals surface area contributed by atoms with E-state index in [1.807, 2.05) is 61.5 Å². The number of hydrogen-bond donors (Lipinski definition) is 0. The van der Waals surface area contributed by atoms with Gasteiger partial charge in [-0.2, -0.15) is 0 Å². The summed E-state index contributed by atoms with van der Waals surface area (Å²) in [5.74, 6) is -0.00931. The molecule has 0 radical (unpaired) electrons. The third-order valence-corrected chi connectivity index (χ3v) is 4.49. The quantitative estimate of drug-likeness (QED) is 0.701. The van der Waals surface area contributed by atoms with Gasteiger partial charge in [-0.3, -0.25) is 4.79 Å². The molecule has 0 N–H and O–H groups in total. The van der Waals surface area contributed by atoms with Crippen molar-refractivity contribution in [1.29, 1.82) is 0 Å². The minimum absolute atomic E-state index is 0.00931. The molecule has 100 valence electrons. The average molecular weight is 302 g/mol. The van der Waals surface area contributed by atoms with Crippen LogP contribution in [-0.2, 0) is 0 Å². The van der Waals surface area contributed by atoms with Crippen LogP contribution in [-0.4, -0.2) is 10.2 Å². The fourth-order valence-corrected chi connectivity index (χ4v) is 3.18. The van der Waals surface area contributed by atoms with Crippen molar-refractivity contribution in [3.63, 3.8) is 0 Å². The lowest BCUT2D eigenvalue weighted by molar-refractivity contribution is 0.0898. The van der Waals surface area contributed by atoms with Crippen LogP contribution in [0.3, 0.4) is 0 Å². The first-order valence-electron chi connectivity index (χ1n) is 6.20. The Labute approximate surface area is 127 Å². The molecule has 1 aliphatic rings. The van der Waals surface area contributed by atoms with Gasteiger partial charge in [0.1, 0.15) is 0 Å². The smallest absolute Gasteiger partial charge is 0.268 e. The van der Waals surface area contributed by atoms with Crippen molar-refractivity contribution < 1.29 is 4.79 Å². The van der Waals surface area contributed by atoms with E-state index in [9.17, 15) is 4.79 Å². The molecule has 2 nitrogen and oxygen atoms in total. The standard InChI is InChI=1S/C16H12ClNOS/c1-11-9-13-10-14(17)7-8-15(13)20-18(11)16(19)12-5-3-2-4-6-12/h2-10H,1H3. The van der Waals surface area contributed by atoms with Crippen LogP contribution in [0.1, 0.15) is 22.8 Å². The molecular weight excluding hydrogens is 290 g/mol. The van der Waals surface area contributed by atoms with Gasteiger partial charge in [0, 0.05) is 21.2 Å². The minimum atomic E-state index is -0.00931. The predicted octanol–water partition coefficient (Wildman–Crippen LogP) is 4.86. The fourth-order valence-electron chi connectivity index (χ4n) is 2.07. The van der Waals surface area contributed by atoms with E-state index < -0.39 is 0 Å². The Balaban J connectivity index is 1.95. The summed E-state index contributed by atoms with van der Waals surface area (Å²) >= 11 is 7.43. The Hall–Kier alpha value is -1.71. The number of nitrogens with zero attached hydrogens (tertiary/aromatic N) is 1. The van der Waals surface area contributed by atoms with Crippen LogP contribution in [0.25, 0.3) is 6.08 Å². The van der Waals surface area contributed by atoms with Crippen LogP contribution in [0.15, 0.2) is 59.1 Å². The Morgan fingerprint density at radius 3 is 2.65 bits per heavy atom. The van der Waals surface area contributed by atoms with E-state index in [0.717, 1.165) is 16.2 Å². The van der Waals surface area contributed by atoms with Crippen molar-refractivity contribution in [3.05, 3.63) is 70.4 Å². The van der Waals surface area contributed by atoms with Gasteiger partial charge in [0.15, 0.2) is 0 Å². The Morgan fingerprint density at radius 1 is 1.15 bits per heavy atom. The van der Waals surface area contributed by atoms with Gasteiger partial charge in [0.05, 0.1) is 0 Å². The monoisotopic (exact) mass is 301 g/mol. The van der Waals surface area contributed by atoms with Crippen molar-refractivity contribution in [2.75, 3.05) is 0 Å². The highest BCUT2D eigenvalue weighted by molar-refractivity contribution is 7.97. The normalized spacial score (nSPS) is 13.7.